The van der Waals surface area contributed by atoms with Gasteiger partial charge in [-0.3, -0.25) is 4.57 Å². The number of nitrogens with zero attached hydrogens (tertiary/aromatic N) is 7. The predicted octanol–water partition coefficient (Wildman–Crippen LogP) is 4.13. The van der Waals surface area contributed by atoms with Crippen LogP contribution in [-0.4, -0.2) is 43.8 Å². The van der Waals surface area contributed by atoms with Gasteiger partial charge in [0.1, 0.15) is 5.82 Å². The van der Waals surface area contributed by atoms with Gasteiger partial charge in [0.05, 0.1) is 10.6 Å². The number of fused-ring (bicyclic) bond motifs is 2. The molecule has 2 aliphatic carbocycles. The number of rotatable bonds is 7. The Bertz CT molecular complexity index is 1050. The number of thioether (sulfide) groups is 1. The molecule has 5 rings (SSSR count). The molecule has 0 spiro atoms. The minimum absolute atomic E-state index is 0.241. The Kier molecular flexibility index (Phi) is 5.60. The minimum atomic E-state index is 0.241. The van der Waals surface area contributed by atoms with Gasteiger partial charge in [0.2, 0.25) is 11.9 Å². The van der Waals surface area contributed by atoms with Gasteiger partial charge in [-0.05, 0) is 55.4 Å². The minimum Gasteiger partial charge on any atom is -0.368 e. The average Bonchev–Trinajstić information content (AvgIpc) is 3.55. The smallest absolute Gasteiger partial charge is 0.229 e. The largest absolute Gasteiger partial charge is 0.368 e. The summed E-state index contributed by atoms with van der Waals surface area (Å²) in [4.78, 5) is 16.0. The van der Waals surface area contributed by atoms with Crippen molar-refractivity contribution >= 4 is 35.0 Å². The molecule has 2 N–H and O–H groups in total. The van der Waals surface area contributed by atoms with Gasteiger partial charge >= 0.3 is 0 Å². The molecule has 8 nitrogen and oxygen atoms in total. The maximum Gasteiger partial charge on any atom is 0.229 e. The van der Waals surface area contributed by atoms with Crippen LogP contribution >= 0.6 is 23.1 Å². The van der Waals surface area contributed by atoms with Crippen LogP contribution in [0.4, 0.5) is 11.9 Å². The molecule has 2 bridgehead atoms. The summed E-state index contributed by atoms with van der Waals surface area (Å²) in [6, 6.07) is 4.57. The molecule has 0 aromatic carbocycles. The first-order valence-corrected chi connectivity index (χ1v) is 12.7. The lowest BCUT2D eigenvalue weighted by Gasteiger charge is -2.30. The number of hydrogen-bond acceptors (Lipinski definition) is 9. The van der Waals surface area contributed by atoms with Crippen LogP contribution in [0.1, 0.15) is 44.5 Å². The molecule has 3 heterocycles. The van der Waals surface area contributed by atoms with Gasteiger partial charge in [-0.15, -0.1) is 21.5 Å². The number of anilines is 2. The standard InChI is InChI=1S/C21H28N8S2/c1-12(15-10-13-6-7-14(15)9-13)29-18(16-5-4-8-30-16)26-27-21(29)31-11-17-23-19(22)25-20(24-17)28(2)3/h4-5,8,12-15H,6-7,9-11H2,1-3H3,(H2,22,23,24,25). The molecule has 2 saturated carbocycles. The molecule has 2 aliphatic rings. The predicted molar refractivity (Wildman–Crippen MR) is 125 cm³/mol. The molecule has 0 aliphatic heterocycles. The molecular weight excluding hydrogens is 428 g/mol. The fraction of sp³-hybridized carbons (Fsp3) is 0.571. The van der Waals surface area contributed by atoms with Crippen molar-refractivity contribution in [1.82, 2.24) is 29.7 Å². The highest BCUT2D eigenvalue weighted by Crippen LogP contribution is 2.53. The third-order valence-corrected chi connectivity index (χ3v) is 8.45. The molecule has 3 aromatic heterocycles. The summed E-state index contributed by atoms with van der Waals surface area (Å²) in [6.07, 6.45) is 5.50. The quantitative estimate of drug-likeness (QED) is 0.530. The number of nitrogen functional groups attached to an aromatic ring is 1. The monoisotopic (exact) mass is 456 g/mol. The van der Waals surface area contributed by atoms with Gasteiger partial charge in [-0.2, -0.15) is 15.0 Å². The van der Waals surface area contributed by atoms with Crippen molar-refractivity contribution in [2.75, 3.05) is 24.7 Å². The summed E-state index contributed by atoms with van der Waals surface area (Å²) in [5.74, 6) is 5.44. The van der Waals surface area contributed by atoms with Crippen molar-refractivity contribution < 1.29 is 0 Å². The first kappa shape index (κ1) is 20.7. The van der Waals surface area contributed by atoms with Crippen LogP contribution in [0.5, 0.6) is 0 Å². The highest BCUT2D eigenvalue weighted by atomic mass is 32.2. The fourth-order valence-corrected chi connectivity index (χ4v) is 6.79. The van der Waals surface area contributed by atoms with Crippen molar-refractivity contribution in [2.24, 2.45) is 17.8 Å². The van der Waals surface area contributed by atoms with E-state index in [1.165, 1.54) is 25.7 Å². The van der Waals surface area contributed by atoms with E-state index in [0.717, 1.165) is 27.7 Å². The van der Waals surface area contributed by atoms with E-state index in [-0.39, 0.29) is 5.95 Å². The van der Waals surface area contributed by atoms with Crippen LogP contribution in [0.2, 0.25) is 0 Å². The van der Waals surface area contributed by atoms with E-state index in [0.29, 0.717) is 29.5 Å². The number of hydrogen-bond donors (Lipinski definition) is 1. The van der Waals surface area contributed by atoms with Gasteiger partial charge < -0.3 is 10.6 Å². The van der Waals surface area contributed by atoms with Crippen LogP contribution in [0.15, 0.2) is 22.7 Å². The van der Waals surface area contributed by atoms with E-state index in [1.807, 2.05) is 19.0 Å². The van der Waals surface area contributed by atoms with Gasteiger partial charge in [0, 0.05) is 20.1 Å². The highest BCUT2D eigenvalue weighted by molar-refractivity contribution is 7.98. The zero-order valence-electron chi connectivity index (χ0n) is 18.1. The molecule has 10 heteroatoms. The van der Waals surface area contributed by atoms with Crippen LogP contribution in [0, 0.1) is 17.8 Å². The van der Waals surface area contributed by atoms with Crippen molar-refractivity contribution in [3.63, 3.8) is 0 Å². The third-order valence-electron chi connectivity index (χ3n) is 6.64. The van der Waals surface area contributed by atoms with E-state index in [2.05, 4.69) is 54.2 Å². The lowest BCUT2D eigenvalue weighted by atomic mass is 9.84. The summed E-state index contributed by atoms with van der Waals surface area (Å²) in [7, 11) is 3.79. The van der Waals surface area contributed by atoms with Crippen molar-refractivity contribution in [3.8, 4) is 10.7 Å². The Morgan fingerprint density at radius 1 is 1.23 bits per heavy atom. The molecule has 0 amide bonds. The maximum absolute atomic E-state index is 5.90. The Labute approximate surface area is 190 Å². The van der Waals surface area contributed by atoms with Gasteiger partial charge in [-0.1, -0.05) is 24.2 Å². The second-order valence-corrected chi connectivity index (χ2v) is 10.7. The molecule has 3 aromatic rings. The van der Waals surface area contributed by atoms with Crippen LogP contribution in [0.25, 0.3) is 10.7 Å². The van der Waals surface area contributed by atoms with Crippen LogP contribution < -0.4 is 10.6 Å². The summed E-state index contributed by atoms with van der Waals surface area (Å²) in [5, 5.41) is 12.2. The van der Waals surface area contributed by atoms with Gasteiger partial charge in [0.15, 0.2) is 11.0 Å². The third kappa shape index (κ3) is 4.03. The highest BCUT2D eigenvalue weighted by Gasteiger charge is 2.43. The number of aromatic nitrogens is 6. The second kappa shape index (κ2) is 8.38. The van der Waals surface area contributed by atoms with Crippen LogP contribution in [0.3, 0.4) is 0 Å². The SMILES string of the molecule is CC(C1CC2CCC1C2)n1c(SCc2nc(N)nc(N(C)C)n2)nnc1-c1cccs1. The van der Waals surface area contributed by atoms with Crippen molar-refractivity contribution in [1.29, 1.82) is 0 Å². The Balaban J connectivity index is 1.44. The zero-order valence-corrected chi connectivity index (χ0v) is 19.7. The van der Waals surface area contributed by atoms with E-state index in [9.17, 15) is 0 Å². The zero-order chi connectivity index (χ0) is 21.5. The summed E-state index contributed by atoms with van der Waals surface area (Å²) >= 11 is 3.33. The molecular formula is C21H28N8S2. The fourth-order valence-electron chi connectivity index (χ4n) is 5.21. The molecule has 164 valence electrons. The first-order chi connectivity index (χ1) is 15.0. The molecule has 4 atom stereocenters. The average molecular weight is 457 g/mol. The van der Waals surface area contributed by atoms with E-state index < -0.39 is 0 Å². The normalized spacial score (nSPS) is 23.4. The number of thiophene rings is 1. The van der Waals surface area contributed by atoms with Crippen molar-refractivity contribution in [2.45, 2.75) is 49.6 Å². The topological polar surface area (TPSA) is 98.6 Å². The summed E-state index contributed by atoms with van der Waals surface area (Å²) in [6.45, 7) is 2.35. The van der Waals surface area contributed by atoms with Gasteiger partial charge in [0.25, 0.3) is 0 Å². The molecule has 0 radical (unpaired) electrons. The molecule has 4 unspecified atom stereocenters. The van der Waals surface area contributed by atoms with Crippen molar-refractivity contribution in [3.05, 3.63) is 23.3 Å². The van der Waals surface area contributed by atoms with E-state index in [1.54, 1.807) is 23.1 Å². The Morgan fingerprint density at radius 3 is 2.77 bits per heavy atom. The van der Waals surface area contributed by atoms with Gasteiger partial charge in [-0.25, -0.2) is 0 Å². The van der Waals surface area contributed by atoms with Crippen LogP contribution in [-0.2, 0) is 5.75 Å². The molecule has 0 saturated heterocycles. The lowest BCUT2D eigenvalue weighted by Crippen LogP contribution is -2.23. The molecule has 2 fully saturated rings. The second-order valence-electron chi connectivity index (χ2n) is 8.83. The number of nitrogens with two attached hydrogens (primary N) is 1. The summed E-state index contributed by atoms with van der Waals surface area (Å²) < 4.78 is 2.36. The Hall–Kier alpha value is -2.20. The van der Waals surface area contributed by atoms with E-state index in [4.69, 9.17) is 5.73 Å². The van der Waals surface area contributed by atoms with E-state index >= 15 is 0 Å². The Morgan fingerprint density at radius 2 is 2.10 bits per heavy atom. The summed E-state index contributed by atoms with van der Waals surface area (Å²) in [5.41, 5.74) is 5.90. The lowest BCUT2D eigenvalue weighted by molar-refractivity contribution is 0.235. The maximum atomic E-state index is 5.90. The molecule has 31 heavy (non-hydrogen) atoms. The first-order valence-electron chi connectivity index (χ1n) is 10.8.